The summed E-state index contributed by atoms with van der Waals surface area (Å²) in [6.45, 7) is 0.614. The van der Waals surface area contributed by atoms with E-state index in [2.05, 4.69) is 5.32 Å². The molecule has 0 bridgehead atoms. The molecule has 0 saturated carbocycles. The molecule has 2 rings (SSSR count). The molecule has 1 atom stereocenters. The van der Waals surface area contributed by atoms with Crippen LogP contribution < -0.4 is 10.2 Å². The summed E-state index contributed by atoms with van der Waals surface area (Å²) in [7, 11) is 0. The lowest BCUT2D eigenvalue weighted by Gasteiger charge is -2.20. The van der Waals surface area contributed by atoms with Crippen LogP contribution in [0.1, 0.15) is 12.0 Å². The number of nitrogens with one attached hydrogen (secondary N) is 1. The SMILES string of the molecule is O=C(CN1CCc2ccccc21)NC(CC(F)F)C(=O)O. The number of hydrogen-bond donors (Lipinski definition) is 2. The molecule has 1 amide bonds. The summed E-state index contributed by atoms with van der Waals surface area (Å²) in [5.74, 6) is -2.02. The van der Waals surface area contributed by atoms with E-state index in [1.165, 1.54) is 0 Å². The Morgan fingerprint density at radius 2 is 2.05 bits per heavy atom. The number of carboxylic acid groups (broad SMARTS) is 1. The lowest BCUT2D eigenvalue weighted by Crippen LogP contribution is -2.46. The first-order valence-corrected chi connectivity index (χ1v) is 6.60. The van der Waals surface area contributed by atoms with Crippen molar-refractivity contribution in [3.05, 3.63) is 29.8 Å². The second kappa shape index (κ2) is 6.51. The molecule has 1 heterocycles. The number of aliphatic carboxylic acids is 1. The van der Waals surface area contributed by atoms with E-state index in [4.69, 9.17) is 5.11 Å². The molecule has 0 aliphatic carbocycles. The molecule has 5 nitrogen and oxygen atoms in total. The number of rotatable bonds is 6. The number of carbonyl (C=O) groups is 2. The van der Waals surface area contributed by atoms with Crippen LogP contribution in [0.25, 0.3) is 0 Å². The number of carboxylic acids is 1. The van der Waals surface area contributed by atoms with Gasteiger partial charge in [-0.2, -0.15) is 0 Å². The van der Waals surface area contributed by atoms with Gasteiger partial charge in [0.2, 0.25) is 12.3 Å². The molecule has 114 valence electrons. The molecule has 7 heteroatoms. The van der Waals surface area contributed by atoms with Crippen LogP contribution in [0.4, 0.5) is 14.5 Å². The molecular formula is C14H16F2N2O3. The van der Waals surface area contributed by atoms with E-state index in [1.807, 2.05) is 29.2 Å². The van der Waals surface area contributed by atoms with Crippen molar-refractivity contribution in [2.24, 2.45) is 0 Å². The van der Waals surface area contributed by atoms with E-state index in [0.29, 0.717) is 6.54 Å². The van der Waals surface area contributed by atoms with Gasteiger partial charge in [0.1, 0.15) is 6.04 Å². The predicted molar refractivity (Wildman–Crippen MR) is 72.5 cm³/mol. The van der Waals surface area contributed by atoms with Gasteiger partial charge < -0.3 is 15.3 Å². The van der Waals surface area contributed by atoms with Gasteiger partial charge in [0.15, 0.2) is 0 Å². The highest BCUT2D eigenvalue weighted by molar-refractivity contribution is 5.87. The number of anilines is 1. The molecule has 1 aliphatic heterocycles. The molecule has 1 unspecified atom stereocenters. The normalized spacial score (nSPS) is 14.9. The highest BCUT2D eigenvalue weighted by Gasteiger charge is 2.26. The fourth-order valence-corrected chi connectivity index (χ4v) is 2.38. The predicted octanol–water partition coefficient (Wildman–Crippen LogP) is 1.27. The zero-order valence-electron chi connectivity index (χ0n) is 11.3. The van der Waals surface area contributed by atoms with E-state index >= 15 is 0 Å². The lowest BCUT2D eigenvalue weighted by molar-refractivity contribution is -0.142. The number of amides is 1. The van der Waals surface area contributed by atoms with Gasteiger partial charge in [-0.15, -0.1) is 0 Å². The van der Waals surface area contributed by atoms with Crippen LogP contribution in [0.3, 0.4) is 0 Å². The second-order valence-electron chi connectivity index (χ2n) is 4.89. The Balaban J connectivity index is 1.94. The molecule has 0 aromatic heterocycles. The van der Waals surface area contributed by atoms with E-state index in [9.17, 15) is 18.4 Å². The topological polar surface area (TPSA) is 69.6 Å². The number of nitrogens with zero attached hydrogens (tertiary/aromatic N) is 1. The largest absolute Gasteiger partial charge is 0.480 e. The molecule has 1 aromatic carbocycles. The Morgan fingerprint density at radius 1 is 1.33 bits per heavy atom. The Hall–Kier alpha value is -2.18. The Morgan fingerprint density at radius 3 is 2.71 bits per heavy atom. The van der Waals surface area contributed by atoms with E-state index < -0.39 is 30.8 Å². The summed E-state index contributed by atoms with van der Waals surface area (Å²) in [5.41, 5.74) is 2.04. The van der Waals surface area contributed by atoms with Gasteiger partial charge in [-0.1, -0.05) is 18.2 Å². The van der Waals surface area contributed by atoms with Crippen molar-refractivity contribution in [1.29, 1.82) is 0 Å². The highest BCUT2D eigenvalue weighted by atomic mass is 19.3. The second-order valence-corrected chi connectivity index (χ2v) is 4.89. The van der Waals surface area contributed by atoms with Crippen LogP contribution in [0, 0.1) is 0 Å². The van der Waals surface area contributed by atoms with Crippen LogP contribution in [-0.4, -0.2) is 42.5 Å². The molecule has 21 heavy (non-hydrogen) atoms. The van der Waals surface area contributed by atoms with Crippen LogP contribution in [-0.2, 0) is 16.0 Å². The van der Waals surface area contributed by atoms with Crippen LogP contribution in [0.15, 0.2) is 24.3 Å². The van der Waals surface area contributed by atoms with Gasteiger partial charge >= 0.3 is 5.97 Å². The van der Waals surface area contributed by atoms with Crippen molar-refractivity contribution < 1.29 is 23.5 Å². The van der Waals surface area contributed by atoms with Crippen molar-refractivity contribution in [2.75, 3.05) is 18.0 Å². The first-order valence-electron chi connectivity index (χ1n) is 6.60. The summed E-state index contributed by atoms with van der Waals surface area (Å²) < 4.78 is 24.5. The maximum Gasteiger partial charge on any atom is 0.326 e. The van der Waals surface area contributed by atoms with E-state index in [0.717, 1.165) is 17.7 Å². The fourth-order valence-electron chi connectivity index (χ4n) is 2.38. The van der Waals surface area contributed by atoms with Crippen LogP contribution in [0.2, 0.25) is 0 Å². The summed E-state index contributed by atoms with van der Waals surface area (Å²) in [6, 6.07) is 6.04. The number of carbonyl (C=O) groups excluding carboxylic acids is 1. The highest BCUT2D eigenvalue weighted by Crippen LogP contribution is 2.26. The molecule has 0 fully saturated rings. The number of fused-ring (bicyclic) bond motifs is 1. The van der Waals surface area contributed by atoms with E-state index in [-0.39, 0.29) is 6.54 Å². The van der Waals surface area contributed by atoms with Gasteiger partial charge in [-0.3, -0.25) is 4.79 Å². The Labute approximate surface area is 120 Å². The number of halogens is 2. The van der Waals surface area contributed by atoms with Gasteiger partial charge in [0.25, 0.3) is 0 Å². The minimum Gasteiger partial charge on any atom is -0.480 e. The van der Waals surface area contributed by atoms with Crippen molar-refractivity contribution in [3.63, 3.8) is 0 Å². The maximum absolute atomic E-state index is 12.3. The van der Waals surface area contributed by atoms with Crippen LogP contribution >= 0.6 is 0 Å². The minimum absolute atomic E-state index is 0.0377. The molecule has 0 spiro atoms. The number of hydrogen-bond acceptors (Lipinski definition) is 3. The van der Waals surface area contributed by atoms with Crippen molar-refractivity contribution in [3.8, 4) is 0 Å². The van der Waals surface area contributed by atoms with Gasteiger partial charge in [0, 0.05) is 18.7 Å². The summed E-state index contributed by atoms with van der Waals surface area (Å²) in [4.78, 5) is 24.5. The first kappa shape index (κ1) is 15.2. The third-order valence-corrected chi connectivity index (χ3v) is 3.37. The van der Waals surface area contributed by atoms with Crippen molar-refractivity contribution >= 4 is 17.6 Å². The molecule has 2 N–H and O–H groups in total. The zero-order chi connectivity index (χ0) is 15.4. The van der Waals surface area contributed by atoms with Crippen molar-refractivity contribution in [2.45, 2.75) is 25.3 Å². The average Bonchev–Trinajstić information content (AvgIpc) is 2.81. The van der Waals surface area contributed by atoms with Crippen LogP contribution in [0.5, 0.6) is 0 Å². The first-order chi connectivity index (χ1) is 9.97. The summed E-state index contributed by atoms with van der Waals surface area (Å²) in [5, 5.41) is 11.0. The lowest BCUT2D eigenvalue weighted by atomic mass is 10.2. The molecular weight excluding hydrogens is 282 g/mol. The van der Waals surface area contributed by atoms with Gasteiger partial charge in [0.05, 0.1) is 6.54 Å². The average molecular weight is 298 g/mol. The number of benzene rings is 1. The molecule has 0 radical (unpaired) electrons. The molecule has 0 saturated heterocycles. The summed E-state index contributed by atoms with van der Waals surface area (Å²) >= 11 is 0. The van der Waals surface area contributed by atoms with Gasteiger partial charge in [-0.05, 0) is 18.1 Å². The Bertz CT molecular complexity index is 537. The smallest absolute Gasteiger partial charge is 0.326 e. The zero-order valence-corrected chi connectivity index (χ0v) is 11.3. The Kier molecular flexibility index (Phi) is 4.72. The standard InChI is InChI=1S/C14H16F2N2O3/c15-12(16)7-10(14(20)21)17-13(19)8-18-6-5-9-3-1-2-4-11(9)18/h1-4,10,12H,5-8H2,(H,17,19)(H,20,21). The van der Waals surface area contributed by atoms with Crippen molar-refractivity contribution in [1.82, 2.24) is 5.32 Å². The monoisotopic (exact) mass is 298 g/mol. The maximum atomic E-state index is 12.3. The quantitative estimate of drug-likeness (QED) is 0.830. The summed E-state index contributed by atoms with van der Waals surface area (Å²) in [6.07, 6.45) is -2.86. The van der Waals surface area contributed by atoms with Gasteiger partial charge in [-0.25, -0.2) is 13.6 Å². The number of alkyl halides is 2. The number of para-hydroxylation sites is 1. The molecule has 1 aliphatic rings. The third kappa shape index (κ3) is 3.90. The minimum atomic E-state index is -2.78. The third-order valence-electron chi connectivity index (χ3n) is 3.37. The van der Waals surface area contributed by atoms with E-state index in [1.54, 1.807) is 0 Å². The molecule has 1 aromatic rings. The fraction of sp³-hybridized carbons (Fsp3) is 0.429.